The molecule has 0 fully saturated rings. The summed E-state index contributed by atoms with van der Waals surface area (Å²) in [4.78, 5) is 40.7. The molecule has 0 saturated carbocycles. The number of unbranched alkanes of at least 4 members (excludes halogenated alkanes) is 1. The van der Waals surface area contributed by atoms with Gasteiger partial charge in [-0.2, -0.15) is 0 Å². The van der Waals surface area contributed by atoms with Crippen LogP contribution in [-0.2, 0) is 0 Å². The van der Waals surface area contributed by atoms with Crippen LogP contribution >= 0.6 is 0 Å². The second-order valence-corrected chi connectivity index (χ2v) is 5.99. The number of rotatable bonds is 11. The third-order valence-corrected chi connectivity index (χ3v) is 4.01. The Morgan fingerprint density at radius 1 is 0.600 bits per heavy atom. The van der Waals surface area contributed by atoms with E-state index in [0.717, 1.165) is 24.3 Å². The van der Waals surface area contributed by atoms with Crippen molar-refractivity contribution in [3.63, 3.8) is 0 Å². The number of nitrogens with one attached hydrogen (secondary N) is 2. The third kappa shape index (κ3) is 5.57. The molecule has 2 rings (SSSR count). The summed E-state index contributed by atoms with van der Waals surface area (Å²) in [6, 6.07) is 6.58. The molecule has 0 aromatic heterocycles. The monoisotopic (exact) mass is 420 g/mol. The number of nitro groups is 4. The second-order valence-electron chi connectivity index (χ2n) is 5.99. The van der Waals surface area contributed by atoms with Crippen molar-refractivity contribution in [2.75, 3.05) is 23.7 Å². The van der Waals surface area contributed by atoms with Gasteiger partial charge in [-0.1, -0.05) is 0 Å². The molecule has 0 aliphatic rings. The van der Waals surface area contributed by atoms with E-state index in [2.05, 4.69) is 10.6 Å². The van der Waals surface area contributed by atoms with Gasteiger partial charge in [-0.3, -0.25) is 40.5 Å². The Morgan fingerprint density at radius 2 is 0.967 bits per heavy atom. The Labute approximate surface area is 168 Å². The molecular formula is C16H16N6O8. The molecule has 0 bridgehead atoms. The van der Waals surface area contributed by atoms with Crippen molar-refractivity contribution in [1.82, 2.24) is 0 Å². The first-order valence-electron chi connectivity index (χ1n) is 8.54. The largest absolute Gasteiger partial charge is 0.379 e. The summed E-state index contributed by atoms with van der Waals surface area (Å²) in [6.07, 6.45) is 1.06. The molecule has 0 aliphatic carbocycles. The van der Waals surface area contributed by atoms with E-state index in [9.17, 15) is 40.5 Å². The Kier molecular flexibility index (Phi) is 7.11. The van der Waals surface area contributed by atoms with Gasteiger partial charge in [0.25, 0.3) is 22.7 Å². The molecule has 0 heterocycles. The minimum atomic E-state index is -0.722. The Bertz CT molecular complexity index is 916. The predicted octanol–water partition coefficient (Wildman–Crippen LogP) is 3.62. The topological polar surface area (TPSA) is 197 Å². The van der Waals surface area contributed by atoms with Crippen molar-refractivity contribution in [3.05, 3.63) is 76.9 Å². The van der Waals surface area contributed by atoms with Crippen molar-refractivity contribution in [2.24, 2.45) is 0 Å². The van der Waals surface area contributed by atoms with E-state index < -0.39 is 31.1 Å². The van der Waals surface area contributed by atoms with Gasteiger partial charge in [0.05, 0.1) is 31.8 Å². The van der Waals surface area contributed by atoms with Gasteiger partial charge in [0.2, 0.25) is 0 Å². The van der Waals surface area contributed by atoms with Gasteiger partial charge < -0.3 is 10.6 Å². The van der Waals surface area contributed by atoms with Crippen LogP contribution in [0.3, 0.4) is 0 Å². The number of non-ortho nitro benzene ring substituents is 2. The maximum atomic E-state index is 11.1. The lowest BCUT2D eigenvalue weighted by Gasteiger charge is -2.09. The van der Waals surface area contributed by atoms with E-state index in [1.807, 2.05) is 0 Å². The number of benzene rings is 2. The number of anilines is 2. The fourth-order valence-corrected chi connectivity index (χ4v) is 2.56. The quantitative estimate of drug-likeness (QED) is 0.307. The molecule has 0 amide bonds. The molecule has 2 aromatic carbocycles. The van der Waals surface area contributed by atoms with E-state index in [4.69, 9.17) is 0 Å². The SMILES string of the molecule is O=[N+]([O-])c1ccc(NCCCCNc2ccc([N+](=O)[O-])cc2[N+](=O)[O-])c([N+](=O)[O-])c1. The minimum Gasteiger partial charge on any atom is -0.379 e. The van der Waals surface area contributed by atoms with Gasteiger partial charge in [-0.25, -0.2) is 0 Å². The normalized spacial score (nSPS) is 10.3. The van der Waals surface area contributed by atoms with Crippen LogP contribution in [0.25, 0.3) is 0 Å². The van der Waals surface area contributed by atoms with Gasteiger partial charge in [0.15, 0.2) is 0 Å². The van der Waals surface area contributed by atoms with Gasteiger partial charge >= 0.3 is 0 Å². The Balaban J connectivity index is 1.88. The van der Waals surface area contributed by atoms with Crippen LogP contribution in [0.5, 0.6) is 0 Å². The van der Waals surface area contributed by atoms with Crippen LogP contribution in [0.4, 0.5) is 34.1 Å². The zero-order valence-electron chi connectivity index (χ0n) is 15.3. The average molecular weight is 420 g/mol. The first kappa shape index (κ1) is 21.9. The maximum Gasteiger partial charge on any atom is 0.299 e. The van der Waals surface area contributed by atoms with Crippen molar-refractivity contribution >= 4 is 34.1 Å². The number of hydrogen-bond acceptors (Lipinski definition) is 10. The molecule has 0 spiro atoms. The highest BCUT2D eigenvalue weighted by Gasteiger charge is 2.20. The van der Waals surface area contributed by atoms with Crippen LogP contribution in [0.15, 0.2) is 36.4 Å². The standard InChI is InChI=1S/C16H16N6O8/c23-19(24)11-3-5-13(15(9-11)21(27)28)17-7-1-2-8-18-14-6-4-12(20(25)26)10-16(14)22(29)30/h3-6,9-10,17-18H,1-2,7-8H2. The molecule has 2 N–H and O–H groups in total. The number of hydrogen-bond donors (Lipinski definition) is 2. The molecule has 30 heavy (non-hydrogen) atoms. The van der Waals surface area contributed by atoms with Gasteiger partial charge in [-0.05, 0) is 25.0 Å². The van der Waals surface area contributed by atoms with Crippen molar-refractivity contribution in [2.45, 2.75) is 12.8 Å². The van der Waals surface area contributed by atoms with Gasteiger partial charge in [0.1, 0.15) is 11.4 Å². The van der Waals surface area contributed by atoms with E-state index in [-0.39, 0.29) is 22.7 Å². The highest BCUT2D eigenvalue weighted by atomic mass is 16.6. The third-order valence-electron chi connectivity index (χ3n) is 4.01. The molecule has 0 saturated heterocycles. The van der Waals surface area contributed by atoms with Crippen LogP contribution in [-0.4, -0.2) is 32.8 Å². The van der Waals surface area contributed by atoms with E-state index in [1.165, 1.54) is 12.1 Å². The molecule has 0 radical (unpaired) electrons. The number of nitrogens with zero attached hydrogens (tertiary/aromatic N) is 4. The highest BCUT2D eigenvalue weighted by Crippen LogP contribution is 2.30. The van der Waals surface area contributed by atoms with Crippen LogP contribution in [0.2, 0.25) is 0 Å². The fourth-order valence-electron chi connectivity index (χ4n) is 2.56. The first-order valence-corrected chi connectivity index (χ1v) is 8.54. The molecule has 14 heteroatoms. The summed E-state index contributed by atoms with van der Waals surface area (Å²) in [7, 11) is 0. The minimum absolute atomic E-state index is 0.143. The van der Waals surface area contributed by atoms with Crippen molar-refractivity contribution < 1.29 is 19.7 Å². The molecule has 158 valence electrons. The van der Waals surface area contributed by atoms with E-state index >= 15 is 0 Å². The fraction of sp³-hybridized carbons (Fsp3) is 0.250. The Morgan fingerprint density at radius 3 is 1.27 bits per heavy atom. The maximum absolute atomic E-state index is 11.1. The lowest BCUT2D eigenvalue weighted by molar-refractivity contribution is -0.393. The molecular weight excluding hydrogens is 404 g/mol. The highest BCUT2D eigenvalue weighted by molar-refractivity contribution is 5.66. The summed E-state index contributed by atoms with van der Waals surface area (Å²) in [5, 5.41) is 49.3. The predicted molar refractivity (Wildman–Crippen MR) is 106 cm³/mol. The second kappa shape index (κ2) is 9.72. The van der Waals surface area contributed by atoms with E-state index in [0.29, 0.717) is 25.9 Å². The van der Waals surface area contributed by atoms with Crippen molar-refractivity contribution in [1.29, 1.82) is 0 Å². The molecule has 0 aliphatic heterocycles. The molecule has 2 aromatic rings. The number of nitro benzene ring substituents is 4. The van der Waals surface area contributed by atoms with E-state index in [1.54, 1.807) is 0 Å². The van der Waals surface area contributed by atoms with Gasteiger partial charge in [-0.15, -0.1) is 0 Å². The molecule has 14 nitrogen and oxygen atoms in total. The summed E-state index contributed by atoms with van der Waals surface area (Å²) in [6.45, 7) is 0.644. The summed E-state index contributed by atoms with van der Waals surface area (Å²) >= 11 is 0. The van der Waals surface area contributed by atoms with Crippen LogP contribution in [0, 0.1) is 40.5 Å². The molecule has 0 unspecified atom stereocenters. The first-order chi connectivity index (χ1) is 14.2. The van der Waals surface area contributed by atoms with Crippen LogP contribution < -0.4 is 10.6 Å². The Hall–Kier alpha value is -4.36. The van der Waals surface area contributed by atoms with Crippen molar-refractivity contribution in [3.8, 4) is 0 Å². The smallest absolute Gasteiger partial charge is 0.299 e. The lowest BCUT2D eigenvalue weighted by Crippen LogP contribution is -2.09. The average Bonchev–Trinajstić information content (AvgIpc) is 2.70. The van der Waals surface area contributed by atoms with Gasteiger partial charge in [0, 0.05) is 25.2 Å². The summed E-state index contributed by atoms with van der Waals surface area (Å²) in [5.74, 6) is 0. The van der Waals surface area contributed by atoms with Crippen LogP contribution in [0.1, 0.15) is 12.8 Å². The lowest BCUT2D eigenvalue weighted by atomic mass is 10.2. The molecule has 0 atom stereocenters. The summed E-state index contributed by atoms with van der Waals surface area (Å²) in [5.41, 5.74) is -1.32. The summed E-state index contributed by atoms with van der Waals surface area (Å²) < 4.78 is 0. The zero-order valence-corrected chi connectivity index (χ0v) is 15.3. The zero-order chi connectivity index (χ0) is 22.3.